The third kappa shape index (κ3) is 4.36. The Kier molecular flexibility index (Phi) is 6.01. The van der Waals surface area contributed by atoms with Crippen LogP contribution in [0.2, 0.25) is 0 Å². The molecule has 0 aromatic heterocycles. The SMILES string of the molecule is CCCCOc1ccc(C(CN)C(C)N)cc1. The molecule has 3 heteroatoms. The molecule has 3 nitrogen and oxygen atoms in total. The van der Waals surface area contributed by atoms with E-state index in [0.29, 0.717) is 6.54 Å². The van der Waals surface area contributed by atoms with Crippen LogP contribution in [0.1, 0.15) is 38.2 Å². The molecule has 0 saturated heterocycles. The van der Waals surface area contributed by atoms with Gasteiger partial charge in [-0.1, -0.05) is 25.5 Å². The molecule has 1 aromatic carbocycles. The molecule has 2 unspecified atom stereocenters. The Morgan fingerprint density at radius 2 is 1.88 bits per heavy atom. The molecule has 1 rings (SSSR count). The van der Waals surface area contributed by atoms with Crippen molar-refractivity contribution >= 4 is 0 Å². The molecule has 0 aliphatic heterocycles. The number of rotatable bonds is 7. The van der Waals surface area contributed by atoms with E-state index in [-0.39, 0.29) is 12.0 Å². The molecule has 96 valence electrons. The van der Waals surface area contributed by atoms with Gasteiger partial charge in [-0.2, -0.15) is 0 Å². The van der Waals surface area contributed by atoms with Crippen LogP contribution in [0.25, 0.3) is 0 Å². The van der Waals surface area contributed by atoms with Crippen molar-refractivity contribution in [3.8, 4) is 5.75 Å². The predicted octanol–water partition coefficient (Wildman–Crippen LogP) is 2.25. The fourth-order valence-electron chi connectivity index (χ4n) is 1.80. The van der Waals surface area contributed by atoms with Gasteiger partial charge in [0.05, 0.1) is 6.61 Å². The number of benzene rings is 1. The first-order valence-electron chi connectivity index (χ1n) is 6.37. The number of ether oxygens (including phenoxy) is 1. The number of hydrogen-bond donors (Lipinski definition) is 2. The van der Waals surface area contributed by atoms with E-state index in [2.05, 4.69) is 19.1 Å². The quantitative estimate of drug-likeness (QED) is 0.714. The van der Waals surface area contributed by atoms with Gasteiger partial charge in [-0.25, -0.2) is 0 Å². The third-order valence-electron chi connectivity index (χ3n) is 2.96. The summed E-state index contributed by atoms with van der Waals surface area (Å²) in [6.07, 6.45) is 2.24. The second kappa shape index (κ2) is 7.30. The normalized spacial score (nSPS) is 14.4. The average Bonchev–Trinajstić information content (AvgIpc) is 2.32. The summed E-state index contributed by atoms with van der Waals surface area (Å²) in [4.78, 5) is 0. The van der Waals surface area contributed by atoms with Gasteiger partial charge in [0.2, 0.25) is 0 Å². The van der Waals surface area contributed by atoms with Crippen molar-refractivity contribution in [1.82, 2.24) is 0 Å². The number of unbranched alkanes of at least 4 members (excludes halogenated alkanes) is 1. The Hall–Kier alpha value is -1.06. The van der Waals surface area contributed by atoms with Crippen LogP contribution in [0.5, 0.6) is 5.75 Å². The fraction of sp³-hybridized carbons (Fsp3) is 0.571. The predicted molar refractivity (Wildman–Crippen MR) is 72.3 cm³/mol. The molecule has 0 aliphatic carbocycles. The lowest BCUT2D eigenvalue weighted by Gasteiger charge is -2.19. The lowest BCUT2D eigenvalue weighted by molar-refractivity contribution is 0.309. The van der Waals surface area contributed by atoms with Crippen molar-refractivity contribution in [2.45, 2.75) is 38.6 Å². The first kappa shape index (κ1) is 14.0. The minimum Gasteiger partial charge on any atom is -0.494 e. The summed E-state index contributed by atoms with van der Waals surface area (Å²) in [6.45, 7) is 5.50. The molecule has 0 fully saturated rings. The lowest BCUT2D eigenvalue weighted by atomic mass is 9.93. The van der Waals surface area contributed by atoms with Gasteiger partial charge in [-0.15, -0.1) is 0 Å². The minimum atomic E-state index is 0.0758. The van der Waals surface area contributed by atoms with Crippen LogP contribution < -0.4 is 16.2 Å². The molecule has 0 spiro atoms. The summed E-state index contributed by atoms with van der Waals surface area (Å²) in [7, 11) is 0. The highest BCUT2D eigenvalue weighted by Crippen LogP contribution is 2.21. The molecule has 4 N–H and O–H groups in total. The summed E-state index contributed by atoms with van der Waals surface area (Å²) in [5.74, 6) is 1.14. The van der Waals surface area contributed by atoms with E-state index in [1.165, 1.54) is 5.56 Å². The van der Waals surface area contributed by atoms with Gasteiger partial charge in [0.1, 0.15) is 5.75 Å². The minimum absolute atomic E-state index is 0.0758. The second-order valence-corrected chi connectivity index (χ2v) is 4.47. The Morgan fingerprint density at radius 3 is 2.35 bits per heavy atom. The molecule has 2 atom stereocenters. The number of nitrogens with two attached hydrogens (primary N) is 2. The summed E-state index contributed by atoms with van der Waals surface area (Å²) in [6, 6.07) is 8.18. The molecule has 0 amide bonds. The maximum Gasteiger partial charge on any atom is 0.119 e. The van der Waals surface area contributed by atoms with Crippen LogP contribution in [0.15, 0.2) is 24.3 Å². The molecule has 1 aromatic rings. The van der Waals surface area contributed by atoms with E-state index < -0.39 is 0 Å². The molecule has 0 saturated carbocycles. The van der Waals surface area contributed by atoms with Gasteiger partial charge in [0.15, 0.2) is 0 Å². The van der Waals surface area contributed by atoms with E-state index in [1.807, 2.05) is 19.1 Å². The van der Waals surface area contributed by atoms with Gasteiger partial charge in [0, 0.05) is 18.5 Å². The van der Waals surface area contributed by atoms with Crippen LogP contribution in [0.4, 0.5) is 0 Å². The lowest BCUT2D eigenvalue weighted by Crippen LogP contribution is -2.30. The average molecular weight is 236 g/mol. The van der Waals surface area contributed by atoms with E-state index in [1.54, 1.807) is 0 Å². The first-order chi connectivity index (χ1) is 8.19. The highest BCUT2D eigenvalue weighted by Gasteiger charge is 2.13. The van der Waals surface area contributed by atoms with Crippen LogP contribution >= 0.6 is 0 Å². The van der Waals surface area contributed by atoms with Crippen molar-refractivity contribution in [3.05, 3.63) is 29.8 Å². The first-order valence-corrected chi connectivity index (χ1v) is 6.37. The van der Waals surface area contributed by atoms with Gasteiger partial charge >= 0.3 is 0 Å². The van der Waals surface area contributed by atoms with Gasteiger partial charge in [-0.05, 0) is 31.0 Å². The van der Waals surface area contributed by atoms with Crippen molar-refractivity contribution in [1.29, 1.82) is 0 Å². The Balaban J connectivity index is 2.60. The van der Waals surface area contributed by atoms with E-state index in [9.17, 15) is 0 Å². The summed E-state index contributed by atoms with van der Waals surface area (Å²) >= 11 is 0. The topological polar surface area (TPSA) is 61.3 Å². The van der Waals surface area contributed by atoms with Gasteiger partial charge in [0.25, 0.3) is 0 Å². The molecular weight excluding hydrogens is 212 g/mol. The standard InChI is InChI=1S/C14H24N2O/c1-3-4-9-17-13-7-5-12(6-8-13)14(10-15)11(2)16/h5-8,11,14H,3-4,9-10,15-16H2,1-2H3. The zero-order valence-electron chi connectivity index (χ0n) is 10.9. The molecule has 0 heterocycles. The Bertz CT molecular complexity index is 309. The zero-order valence-corrected chi connectivity index (χ0v) is 10.9. The van der Waals surface area contributed by atoms with Gasteiger partial charge < -0.3 is 16.2 Å². The van der Waals surface area contributed by atoms with Crippen LogP contribution in [0.3, 0.4) is 0 Å². The second-order valence-electron chi connectivity index (χ2n) is 4.47. The highest BCUT2D eigenvalue weighted by atomic mass is 16.5. The van der Waals surface area contributed by atoms with Crippen LogP contribution in [0, 0.1) is 0 Å². The van der Waals surface area contributed by atoms with Crippen LogP contribution in [-0.4, -0.2) is 19.2 Å². The third-order valence-corrected chi connectivity index (χ3v) is 2.96. The zero-order chi connectivity index (χ0) is 12.7. The molecule has 0 bridgehead atoms. The van der Waals surface area contributed by atoms with Crippen LogP contribution in [-0.2, 0) is 0 Å². The molecule has 0 aliphatic rings. The van der Waals surface area contributed by atoms with Crippen molar-refractivity contribution in [3.63, 3.8) is 0 Å². The largest absolute Gasteiger partial charge is 0.494 e. The van der Waals surface area contributed by atoms with Crippen molar-refractivity contribution < 1.29 is 4.74 Å². The summed E-state index contributed by atoms with van der Waals surface area (Å²) in [5, 5.41) is 0. The summed E-state index contributed by atoms with van der Waals surface area (Å²) < 4.78 is 5.61. The maximum atomic E-state index is 5.90. The molecule has 17 heavy (non-hydrogen) atoms. The van der Waals surface area contributed by atoms with Crippen molar-refractivity contribution in [2.75, 3.05) is 13.2 Å². The molecular formula is C14H24N2O. The van der Waals surface area contributed by atoms with E-state index in [4.69, 9.17) is 16.2 Å². The van der Waals surface area contributed by atoms with Gasteiger partial charge in [-0.3, -0.25) is 0 Å². The highest BCUT2D eigenvalue weighted by molar-refractivity contribution is 5.30. The van der Waals surface area contributed by atoms with E-state index in [0.717, 1.165) is 25.2 Å². The molecule has 0 radical (unpaired) electrons. The van der Waals surface area contributed by atoms with E-state index >= 15 is 0 Å². The van der Waals surface area contributed by atoms with Crippen molar-refractivity contribution in [2.24, 2.45) is 11.5 Å². The fourth-order valence-corrected chi connectivity index (χ4v) is 1.80. The summed E-state index contributed by atoms with van der Waals surface area (Å²) in [5.41, 5.74) is 12.8. The number of hydrogen-bond acceptors (Lipinski definition) is 3. The maximum absolute atomic E-state index is 5.90. The monoisotopic (exact) mass is 236 g/mol. The Labute approximate surface area is 104 Å². The smallest absolute Gasteiger partial charge is 0.119 e. The Morgan fingerprint density at radius 1 is 1.24 bits per heavy atom.